The van der Waals surface area contributed by atoms with Crippen LogP contribution in [-0.4, -0.2) is 28.0 Å². The van der Waals surface area contributed by atoms with Gasteiger partial charge < -0.3 is 4.57 Å². The molecule has 1 amide bonds. The number of amides is 1. The van der Waals surface area contributed by atoms with E-state index in [9.17, 15) is 9.59 Å². The number of aryl methyl sites for hydroxylation is 2. The van der Waals surface area contributed by atoms with Crippen LogP contribution in [0.4, 0.5) is 0 Å². The Balaban J connectivity index is 2.45. The second-order valence-electron chi connectivity index (χ2n) is 4.38. The van der Waals surface area contributed by atoms with E-state index < -0.39 is 0 Å². The van der Waals surface area contributed by atoms with E-state index in [1.54, 1.807) is 42.2 Å². The zero-order chi connectivity index (χ0) is 14.7. The van der Waals surface area contributed by atoms with Crippen molar-refractivity contribution in [1.29, 1.82) is 0 Å². The third kappa shape index (κ3) is 2.42. The van der Waals surface area contributed by atoms with Crippen LogP contribution < -0.4 is 0 Å². The van der Waals surface area contributed by atoms with Gasteiger partial charge in [0.1, 0.15) is 0 Å². The van der Waals surface area contributed by atoms with Crippen LogP contribution in [0.1, 0.15) is 39.0 Å². The van der Waals surface area contributed by atoms with Crippen molar-refractivity contribution in [2.24, 2.45) is 12.0 Å². The van der Waals surface area contributed by atoms with Gasteiger partial charge in [-0.25, -0.2) is 9.98 Å². The van der Waals surface area contributed by atoms with E-state index in [1.807, 2.05) is 6.92 Å². The Morgan fingerprint density at radius 3 is 2.70 bits per heavy atom. The first-order valence-electron chi connectivity index (χ1n) is 6.24. The predicted octanol–water partition coefficient (Wildman–Crippen LogP) is 2.05. The van der Waals surface area contributed by atoms with E-state index in [-0.39, 0.29) is 11.7 Å². The molecule has 20 heavy (non-hydrogen) atoms. The van der Waals surface area contributed by atoms with E-state index in [0.29, 0.717) is 23.4 Å². The summed E-state index contributed by atoms with van der Waals surface area (Å²) in [6.07, 6.45) is 3.93. The Morgan fingerprint density at radius 1 is 1.40 bits per heavy atom. The SMILES string of the molecule is C=NC(=O)c1ccc(C(=O)c2nccn2C)cc1CC. The van der Waals surface area contributed by atoms with Crippen LogP contribution in [0.15, 0.2) is 35.6 Å². The average Bonchev–Trinajstić information content (AvgIpc) is 2.91. The Bertz CT molecular complexity index is 686. The molecule has 102 valence electrons. The van der Waals surface area contributed by atoms with Crippen molar-refractivity contribution in [1.82, 2.24) is 9.55 Å². The number of carbonyl (C=O) groups is 2. The monoisotopic (exact) mass is 269 g/mol. The van der Waals surface area contributed by atoms with Crippen LogP contribution in [0.2, 0.25) is 0 Å². The molecule has 0 aliphatic rings. The Morgan fingerprint density at radius 2 is 2.15 bits per heavy atom. The minimum absolute atomic E-state index is 0.169. The number of aromatic nitrogens is 2. The molecular weight excluding hydrogens is 254 g/mol. The number of aliphatic imine (C=N–C) groups is 1. The Labute approximate surface area is 117 Å². The molecule has 2 rings (SSSR count). The molecule has 2 aromatic rings. The number of carbonyl (C=O) groups excluding carboxylic acids is 2. The second-order valence-corrected chi connectivity index (χ2v) is 4.38. The average molecular weight is 269 g/mol. The zero-order valence-electron chi connectivity index (χ0n) is 11.5. The summed E-state index contributed by atoms with van der Waals surface area (Å²) < 4.78 is 1.66. The van der Waals surface area contributed by atoms with Gasteiger partial charge in [0.15, 0.2) is 5.82 Å². The van der Waals surface area contributed by atoms with E-state index in [1.165, 1.54) is 0 Å². The van der Waals surface area contributed by atoms with E-state index in [4.69, 9.17) is 0 Å². The summed E-state index contributed by atoms with van der Waals surface area (Å²) in [5.41, 5.74) is 1.78. The minimum atomic E-state index is -0.377. The third-order valence-corrected chi connectivity index (χ3v) is 3.15. The molecule has 1 heterocycles. The van der Waals surface area contributed by atoms with Crippen molar-refractivity contribution in [3.05, 3.63) is 53.1 Å². The molecule has 0 N–H and O–H groups in total. The van der Waals surface area contributed by atoms with Crippen molar-refractivity contribution in [3.63, 3.8) is 0 Å². The number of ketones is 1. The standard InChI is InChI=1S/C15H15N3O2/c1-4-10-9-11(5-6-12(10)15(20)16-2)13(19)14-17-7-8-18(14)3/h5-9H,2,4H2,1,3H3. The fourth-order valence-corrected chi connectivity index (χ4v) is 2.03. The van der Waals surface area contributed by atoms with Gasteiger partial charge in [0, 0.05) is 30.6 Å². The molecule has 0 aliphatic carbocycles. The number of nitrogens with zero attached hydrogens (tertiary/aromatic N) is 3. The number of imidazole rings is 1. The highest BCUT2D eigenvalue weighted by Gasteiger charge is 2.16. The van der Waals surface area contributed by atoms with Crippen molar-refractivity contribution in [2.45, 2.75) is 13.3 Å². The van der Waals surface area contributed by atoms with Crippen molar-refractivity contribution in [2.75, 3.05) is 0 Å². The highest BCUT2D eigenvalue weighted by molar-refractivity contribution is 6.07. The molecule has 0 unspecified atom stereocenters. The van der Waals surface area contributed by atoms with Crippen molar-refractivity contribution < 1.29 is 9.59 Å². The molecule has 0 fully saturated rings. The lowest BCUT2D eigenvalue weighted by Crippen LogP contribution is -2.10. The summed E-state index contributed by atoms with van der Waals surface area (Å²) >= 11 is 0. The van der Waals surface area contributed by atoms with Crippen LogP contribution in [0.5, 0.6) is 0 Å². The van der Waals surface area contributed by atoms with Gasteiger partial charge in [0.25, 0.3) is 5.91 Å². The lowest BCUT2D eigenvalue weighted by Gasteiger charge is -2.07. The molecule has 0 saturated carbocycles. The molecule has 0 atom stereocenters. The lowest BCUT2D eigenvalue weighted by atomic mass is 9.99. The molecule has 0 bridgehead atoms. The van der Waals surface area contributed by atoms with Gasteiger partial charge in [-0.1, -0.05) is 13.0 Å². The number of benzene rings is 1. The number of rotatable bonds is 4. The molecule has 5 nitrogen and oxygen atoms in total. The minimum Gasteiger partial charge on any atom is -0.331 e. The zero-order valence-corrected chi connectivity index (χ0v) is 11.5. The third-order valence-electron chi connectivity index (χ3n) is 3.15. The summed E-state index contributed by atoms with van der Waals surface area (Å²) in [5, 5.41) is 0. The normalized spacial score (nSPS) is 10.3. The van der Waals surface area contributed by atoms with Crippen LogP contribution in [0, 0.1) is 0 Å². The first-order valence-corrected chi connectivity index (χ1v) is 6.24. The molecule has 0 spiro atoms. The topological polar surface area (TPSA) is 64.3 Å². The Kier molecular flexibility index (Phi) is 3.89. The quantitative estimate of drug-likeness (QED) is 0.630. The molecule has 0 aliphatic heterocycles. The maximum absolute atomic E-state index is 12.3. The fourth-order valence-electron chi connectivity index (χ4n) is 2.03. The number of hydrogen-bond donors (Lipinski definition) is 0. The summed E-state index contributed by atoms with van der Waals surface area (Å²) in [6.45, 7) is 5.16. The molecule has 0 radical (unpaired) electrons. The highest BCUT2D eigenvalue weighted by Crippen LogP contribution is 2.16. The maximum atomic E-state index is 12.3. The second kappa shape index (κ2) is 5.61. The molecular formula is C15H15N3O2. The largest absolute Gasteiger partial charge is 0.331 e. The lowest BCUT2D eigenvalue weighted by molar-refractivity contribution is 0.0997. The van der Waals surface area contributed by atoms with Crippen LogP contribution in [-0.2, 0) is 13.5 Å². The van der Waals surface area contributed by atoms with Gasteiger partial charge in [-0.2, -0.15) is 0 Å². The van der Waals surface area contributed by atoms with Crippen LogP contribution >= 0.6 is 0 Å². The van der Waals surface area contributed by atoms with Gasteiger partial charge >= 0.3 is 0 Å². The summed E-state index contributed by atoms with van der Waals surface area (Å²) in [7, 11) is 1.76. The summed E-state index contributed by atoms with van der Waals surface area (Å²) in [6, 6.07) is 4.95. The van der Waals surface area contributed by atoms with Crippen molar-refractivity contribution >= 4 is 18.4 Å². The molecule has 0 saturated heterocycles. The number of hydrogen-bond acceptors (Lipinski definition) is 3. The van der Waals surface area contributed by atoms with E-state index in [0.717, 1.165) is 5.56 Å². The molecule has 5 heteroatoms. The summed E-state index contributed by atoms with van der Waals surface area (Å²) in [5.74, 6) is -0.177. The highest BCUT2D eigenvalue weighted by atomic mass is 16.1. The van der Waals surface area contributed by atoms with Gasteiger partial charge in [-0.15, -0.1) is 0 Å². The van der Waals surface area contributed by atoms with Crippen LogP contribution in [0.3, 0.4) is 0 Å². The van der Waals surface area contributed by atoms with Gasteiger partial charge in [0.05, 0.1) is 0 Å². The van der Waals surface area contributed by atoms with Gasteiger partial charge in [-0.05, 0) is 30.8 Å². The van der Waals surface area contributed by atoms with E-state index in [2.05, 4.69) is 16.7 Å². The fraction of sp³-hybridized carbons (Fsp3) is 0.200. The first kappa shape index (κ1) is 13.9. The van der Waals surface area contributed by atoms with Crippen molar-refractivity contribution in [3.8, 4) is 0 Å². The smallest absolute Gasteiger partial charge is 0.276 e. The first-order chi connectivity index (χ1) is 9.58. The summed E-state index contributed by atoms with van der Waals surface area (Å²) in [4.78, 5) is 31.4. The van der Waals surface area contributed by atoms with Gasteiger partial charge in [-0.3, -0.25) is 9.59 Å². The molecule has 1 aromatic carbocycles. The van der Waals surface area contributed by atoms with E-state index >= 15 is 0 Å². The Hall–Kier alpha value is -2.56. The predicted molar refractivity (Wildman–Crippen MR) is 76.3 cm³/mol. The van der Waals surface area contributed by atoms with Gasteiger partial charge in [0.2, 0.25) is 5.78 Å². The maximum Gasteiger partial charge on any atom is 0.276 e. The molecule has 1 aromatic heterocycles. The van der Waals surface area contributed by atoms with Crippen LogP contribution in [0.25, 0.3) is 0 Å².